The Morgan fingerprint density at radius 1 is 1.14 bits per heavy atom. The van der Waals surface area contributed by atoms with E-state index in [1.54, 1.807) is 16.8 Å². The number of hydrogen-bond acceptors (Lipinski definition) is 4. The number of aromatic nitrogens is 5. The molecular formula is C24H24BrF3N6O. The average Bonchev–Trinajstić information content (AvgIpc) is 3.38. The Labute approximate surface area is 208 Å². The molecule has 3 aromatic heterocycles. The molecule has 0 saturated carbocycles. The maximum atomic E-state index is 13.8. The third-order valence-corrected chi connectivity index (χ3v) is 6.34. The largest absolute Gasteiger partial charge is 0.433 e. The van der Waals surface area contributed by atoms with Crippen molar-refractivity contribution >= 4 is 27.5 Å². The van der Waals surface area contributed by atoms with Gasteiger partial charge in [0.25, 0.3) is 5.91 Å². The Morgan fingerprint density at radius 3 is 2.46 bits per heavy atom. The molecule has 1 N–H and O–H groups in total. The standard InChI is InChI=1S/C24H24BrF3N6O/c1-14(2)16-5-7-17(8-6-16)19-11-21(24(26,27)28)34-22(30-19)12-20(32-34)23(35)29-9-4-10-33-13-18(25)15(3)31-33/h5-8,11-14H,4,9-10H2,1-3H3,(H,29,35). The lowest BCUT2D eigenvalue weighted by Crippen LogP contribution is -2.26. The van der Waals surface area contributed by atoms with E-state index < -0.39 is 17.8 Å². The second kappa shape index (κ2) is 9.80. The van der Waals surface area contributed by atoms with Gasteiger partial charge in [-0.1, -0.05) is 38.1 Å². The van der Waals surface area contributed by atoms with Crippen LogP contribution in [-0.4, -0.2) is 36.8 Å². The first-order valence-corrected chi connectivity index (χ1v) is 11.9. The predicted molar refractivity (Wildman–Crippen MR) is 129 cm³/mol. The van der Waals surface area contributed by atoms with Gasteiger partial charge in [0.2, 0.25) is 0 Å². The molecule has 0 saturated heterocycles. The highest BCUT2D eigenvalue weighted by molar-refractivity contribution is 9.10. The summed E-state index contributed by atoms with van der Waals surface area (Å²) >= 11 is 3.39. The molecule has 0 aliphatic carbocycles. The van der Waals surface area contributed by atoms with E-state index in [4.69, 9.17) is 0 Å². The van der Waals surface area contributed by atoms with Crippen LogP contribution in [0.25, 0.3) is 16.9 Å². The molecule has 3 heterocycles. The Balaban J connectivity index is 1.55. The van der Waals surface area contributed by atoms with Gasteiger partial charge in [0.15, 0.2) is 17.0 Å². The molecular weight excluding hydrogens is 525 g/mol. The van der Waals surface area contributed by atoms with Crippen LogP contribution in [-0.2, 0) is 12.7 Å². The number of alkyl halides is 3. The average molecular weight is 549 g/mol. The van der Waals surface area contributed by atoms with Crippen LogP contribution in [0, 0.1) is 6.92 Å². The van der Waals surface area contributed by atoms with Gasteiger partial charge in [-0.3, -0.25) is 9.48 Å². The first kappa shape index (κ1) is 24.9. The molecule has 1 amide bonds. The van der Waals surface area contributed by atoms with E-state index in [1.807, 2.05) is 39.1 Å². The number of carbonyl (C=O) groups is 1. The zero-order valence-electron chi connectivity index (χ0n) is 19.4. The van der Waals surface area contributed by atoms with Crippen LogP contribution >= 0.6 is 15.9 Å². The van der Waals surface area contributed by atoms with Gasteiger partial charge in [-0.25, -0.2) is 9.50 Å². The molecule has 0 fully saturated rings. The summed E-state index contributed by atoms with van der Waals surface area (Å²) in [6.45, 7) is 6.85. The molecule has 1 aromatic carbocycles. The number of benzene rings is 1. The second-order valence-electron chi connectivity index (χ2n) is 8.54. The fourth-order valence-corrected chi connectivity index (χ4v) is 3.93. The van der Waals surface area contributed by atoms with E-state index in [2.05, 4.69) is 36.4 Å². The number of fused-ring (bicyclic) bond motifs is 1. The van der Waals surface area contributed by atoms with Gasteiger partial charge in [0, 0.05) is 30.9 Å². The summed E-state index contributed by atoms with van der Waals surface area (Å²) in [7, 11) is 0. The summed E-state index contributed by atoms with van der Waals surface area (Å²) in [6, 6.07) is 9.46. The number of halogens is 4. The van der Waals surface area contributed by atoms with Gasteiger partial charge in [-0.15, -0.1) is 0 Å². The number of hydrogen-bond donors (Lipinski definition) is 1. The first-order chi connectivity index (χ1) is 16.5. The minimum atomic E-state index is -4.68. The fourth-order valence-electron chi connectivity index (χ4n) is 3.62. The molecule has 4 aromatic rings. The normalized spacial score (nSPS) is 12.0. The van der Waals surface area contributed by atoms with E-state index in [-0.39, 0.29) is 17.0 Å². The predicted octanol–water partition coefficient (Wildman–Crippen LogP) is 5.63. The third kappa shape index (κ3) is 5.55. The Morgan fingerprint density at radius 2 is 1.86 bits per heavy atom. The van der Waals surface area contributed by atoms with Gasteiger partial charge in [0.05, 0.1) is 15.9 Å². The highest BCUT2D eigenvalue weighted by Crippen LogP contribution is 2.32. The van der Waals surface area contributed by atoms with Crippen molar-refractivity contribution in [3.05, 3.63) is 69.7 Å². The minimum Gasteiger partial charge on any atom is -0.351 e. The third-order valence-electron chi connectivity index (χ3n) is 5.56. The van der Waals surface area contributed by atoms with Crippen molar-refractivity contribution in [2.75, 3.05) is 6.54 Å². The summed E-state index contributed by atoms with van der Waals surface area (Å²) in [5.41, 5.74) is 1.47. The van der Waals surface area contributed by atoms with Crippen LogP contribution in [0.2, 0.25) is 0 Å². The lowest BCUT2D eigenvalue weighted by molar-refractivity contribution is -0.142. The molecule has 0 radical (unpaired) electrons. The molecule has 11 heteroatoms. The van der Waals surface area contributed by atoms with Crippen LogP contribution in [0.5, 0.6) is 0 Å². The number of rotatable bonds is 7. The lowest BCUT2D eigenvalue weighted by atomic mass is 10.0. The number of amides is 1. The molecule has 0 spiro atoms. The van der Waals surface area contributed by atoms with Gasteiger partial charge in [-0.2, -0.15) is 23.4 Å². The highest BCUT2D eigenvalue weighted by Gasteiger charge is 2.35. The van der Waals surface area contributed by atoms with Crippen molar-refractivity contribution in [3.8, 4) is 11.3 Å². The molecule has 4 rings (SSSR count). The lowest BCUT2D eigenvalue weighted by Gasteiger charge is -2.11. The molecule has 0 bridgehead atoms. The Bertz CT molecular complexity index is 1340. The SMILES string of the molecule is Cc1nn(CCCNC(=O)c2cc3nc(-c4ccc(C(C)C)cc4)cc(C(F)(F)F)n3n2)cc1Br. The number of carbonyl (C=O) groups excluding carboxylic acids is 1. The number of nitrogens with zero attached hydrogens (tertiary/aromatic N) is 5. The Kier molecular flexibility index (Phi) is 6.98. The van der Waals surface area contributed by atoms with Crippen molar-refractivity contribution in [1.29, 1.82) is 0 Å². The maximum Gasteiger partial charge on any atom is 0.433 e. The number of nitrogens with one attached hydrogen (secondary N) is 1. The van der Waals surface area contributed by atoms with E-state index in [0.717, 1.165) is 21.8 Å². The van der Waals surface area contributed by atoms with Gasteiger partial charge in [0.1, 0.15) is 0 Å². The fraction of sp³-hybridized carbons (Fsp3) is 0.333. The summed E-state index contributed by atoms with van der Waals surface area (Å²) in [4.78, 5) is 16.9. The molecule has 0 aliphatic heterocycles. The van der Waals surface area contributed by atoms with Crippen molar-refractivity contribution in [1.82, 2.24) is 29.7 Å². The van der Waals surface area contributed by atoms with Crippen molar-refractivity contribution in [2.24, 2.45) is 0 Å². The zero-order valence-corrected chi connectivity index (χ0v) is 21.0. The summed E-state index contributed by atoms with van der Waals surface area (Å²) in [5.74, 6) is -0.268. The molecule has 35 heavy (non-hydrogen) atoms. The van der Waals surface area contributed by atoms with Gasteiger partial charge < -0.3 is 5.32 Å². The smallest absolute Gasteiger partial charge is 0.351 e. The van der Waals surface area contributed by atoms with Crippen LogP contribution in [0.3, 0.4) is 0 Å². The summed E-state index contributed by atoms with van der Waals surface area (Å²) in [6.07, 6.45) is -2.24. The van der Waals surface area contributed by atoms with Crippen molar-refractivity contribution in [2.45, 2.75) is 45.8 Å². The van der Waals surface area contributed by atoms with Crippen LogP contribution in [0.4, 0.5) is 13.2 Å². The van der Waals surface area contributed by atoms with Crippen molar-refractivity contribution in [3.63, 3.8) is 0 Å². The van der Waals surface area contributed by atoms with Crippen LogP contribution in [0.15, 0.2) is 47.1 Å². The van der Waals surface area contributed by atoms with E-state index in [1.165, 1.54) is 6.07 Å². The maximum absolute atomic E-state index is 13.8. The monoisotopic (exact) mass is 548 g/mol. The van der Waals surface area contributed by atoms with E-state index >= 15 is 0 Å². The minimum absolute atomic E-state index is 0.0511. The molecule has 0 unspecified atom stereocenters. The van der Waals surface area contributed by atoms with Gasteiger partial charge >= 0.3 is 6.18 Å². The highest BCUT2D eigenvalue weighted by atomic mass is 79.9. The summed E-state index contributed by atoms with van der Waals surface area (Å²) in [5, 5.41) is 10.9. The summed E-state index contributed by atoms with van der Waals surface area (Å²) < 4.78 is 44.8. The molecule has 7 nitrogen and oxygen atoms in total. The van der Waals surface area contributed by atoms with Crippen LogP contribution in [0.1, 0.15) is 53.6 Å². The quantitative estimate of drug-likeness (QED) is 0.304. The van der Waals surface area contributed by atoms with E-state index in [9.17, 15) is 18.0 Å². The van der Waals surface area contributed by atoms with Crippen molar-refractivity contribution < 1.29 is 18.0 Å². The van der Waals surface area contributed by atoms with Gasteiger partial charge in [-0.05, 0) is 46.8 Å². The molecule has 184 valence electrons. The second-order valence-corrected chi connectivity index (χ2v) is 9.39. The first-order valence-electron chi connectivity index (χ1n) is 11.1. The number of aryl methyl sites for hydroxylation is 2. The van der Waals surface area contributed by atoms with E-state index in [0.29, 0.717) is 35.5 Å². The molecule has 0 atom stereocenters. The zero-order chi connectivity index (χ0) is 25.3. The molecule has 0 aliphatic rings. The Hall–Kier alpha value is -3.21. The topological polar surface area (TPSA) is 77.1 Å². The van der Waals surface area contributed by atoms with Crippen LogP contribution < -0.4 is 5.32 Å².